The van der Waals surface area contributed by atoms with Crippen LogP contribution in [0.15, 0.2) is 6.33 Å². The Balaban J connectivity index is 2.06. The summed E-state index contributed by atoms with van der Waals surface area (Å²) < 4.78 is 13.4. The van der Waals surface area contributed by atoms with Crippen LogP contribution in [0.5, 0.6) is 0 Å². The second kappa shape index (κ2) is 3.49. The van der Waals surface area contributed by atoms with Crippen LogP contribution >= 0.6 is 0 Å². The van der Waals surface area contributed by atoms with Crippen LogP contribution in [-0.4, -0.2) is 27.2 Å². The zero-order valence-electron chi connectivity index (χ0n) is 7.87. The largest absolute Gasteiger partial charge is 0.393 e. The van der Waals surface area contributed by atoms with Crippen LogP contribution in [0.3, 0.4) is 0 Å². The molecule has 5 heteroatoms. The fraction of sp³-hybridized carbons (Fsp3) is 0.556. The second-order valence-corrected chi connectivity index (χ2v) is 3.59. The lowest BCUT2D eigenvalue weighted by Gasteiger charge is -2.32. The summed E-state index contributed by atoms with van der Waals surface area (Å²) in [6.45, 7) is 1.60. The predicted molar refractivity (Wildman–Crippen MR) is 49.4 cm³/mol. The highest BCUT2D eigenvalue weighted by atomic mass is 19.1. The molecule has 76 valence electrons. The summed E-state index contributed by atoms with van der Waals surface area (Å²) >= 11 is 0. The predicted octanol–water partition coefficient (Wildman–Crippen LogP) is 0.859. The summed E-state index contributed by atoms with van der Waals surface area (Å²) in [6, 6.07) is 0.133. The van der Waals surface area contributed by atoms with Gasteiger partial charge in [-0.25, -0.2) is 14.4 Å². The molecule has 1 aliphatic carbocycles. The van der Waals surface area contributed by atoms with Gasteiger partial charge in [-0.3, -0.25) is 0 Å². The molecular formula is C9H12FN3O. The van der Waals surface area contributed by atoms with Crippen molar-refractivity contribution in [3.05, 3.63) is 17.8 Å². The van der Waals surface area contributed by atoms with Gasteiger partial charge in [0.2, 0.25) is 0 Å². The van der Waals surface area contributed by atoms with E-state index in [4.69, 9.17) is 5.11 Å². The Hall–Kier alpha value is -1.23. The van der Waals surface area contributed by atoms with Crippen molar-refractivity contribution in [1.82, 2.24) is 9.97 Å². The Morgan fingerprint density at radius 3 is 2.86 bits per heavy atom. The molecule has 1 aliphatic rings. The third kappa shape index (κ3) is 1.68. The normalized spacial score (nSPS) is 25.6. The van der Waals surface area contributed by atoms with Crippen LogP contribution < -0.4 is 5.32 Å². The van der Waals surface area contributed by atoms with Crippen LogP contribution in [0, 0.1) is 12.7 Å². The number of nitrogens with zero attached hydrogens (tertiary/aromatic N) is 2. The number of rotatable bonds is 2. The van der Waals surface area contributed by atoms with E-state index in [0.29, 0.717) is 18.5 Å². The van der Waals surface area contributed by atoms with Gasteiger partial charge in [-0.2, -0.15) is 0 Å². The van der Waals surface area contributed by atoms with E-state index in [1.54, 1.807) is 6.92 Å². The Kier molecular flexibility index (Phi) is 2.33. The van der Waals surface area contributed by atoms with Gasteiger partial charge >= 0.3 is 0 Å². The molecule has 1 heterocycles. The highest BCUT2D eigenvalue weighted by Gasteiger charge is 2.28. The van der Waals surface area contributed by atoms with Gasteiger partial charge in [0.05, 0.1) is 11.8 Å². The number of aryl methyl sites for hydroxylation is 1. The van der Waals surface area contributed by atoms with Crippen molar-refractivity contribution >= 4 is 5.82 Å². The van der Waals surface area contributed by atoms with Gasteiger partial charge in [-0.1, -0.05) is 0 Å². The Morgan fingerprint density at radius 1 is 1.50 bits per heavy atom. The highest BCUT2D eigenvalue weighted by Crippen LogP contribution is 2.24. The Labute approximate surface area is 81.2 Å². The molecule has 4 nitrogen and oxygen atoms in total. The van der Waals surface area contributed by atoms with Gasteiger partial charge in [-0.15, -0.1) is 0 Å². The minimum absolute atomic E-state index is 0.133. The Bertz CT molecular complexity index is 339. The van der Waals surface area contributed by atoms with Gasteiger partial charge in [0.15, 0.2) is 11.6 Å². The van der Waals surface area contributed by atoms with Crippen LogP contribution in [0.1, 0.15) is 18.5 Å². The lowest BCUT2D eigenvalue weighted by atomic mass is 9.89. The smallest absolute Gasteiger partial charge is 0.186 e. The van der Waals surface area contributed by atoms with Crippen molar-refractivity contribution in [2.75, 3.05) is 5.32 Å². The number of halogens is 1. The second-order valence-electron chi connectivity index (χ2n) is 3.59. The summed E-state index contributed by atoms with van der Waals surface area (Å²) in [4.78, 5) is 7.54. The molecule has 1 aromatic heterocycles. The van der Waals surface area contributed by atoms with Crippen molar-refractivity contribution in [3.8, 4) is 0 Å². The fourth-order valence-corrected chi connectivity index (χ4v) is 1.46. The van der Waals surface area contributed by atoms with Crippen molar-refractivity contribution in [1.29, 1.82) is 0 Å². The molecule has 0 aromatic carbocycles. The highest BCUT2D eigenvalue weighted by molar-refractivity contribution is 5.38. The maximum atomic E-state index is 13.4. The van der Waals surface area contributed by atoms with Gasteiger partial charge in [0, 0.05) is 6.04 Å². The van der Waals surface area contributed by atoms with Crippen LogP contribution in [-0.2, 0) is 0 Å². The molecule has 1 aromatic rings. The molecule has 0 atom stereocenters. The van der Waals surface area contributed by atoms with Crippen molar-refractivity contribution < 1.29 is 9.50 Å². The number of nitrogens with one attached hydrogen (secondary N) is 1. The monoisotopic (exact) mass is 197 g/mol. The first-order valence-electron chi connectivity index (χ1n) is 4.58. The van der Waals surface area contributed by atoms with Crippen molar-refractivity contribution in [3.63, 3.8) is 0 Å². The van der Waals surface area contributed by atoms with E-state index in [1.165, 1.54) is 6.33 Å². The SMILES string of the molecule is Cc1ncnc(NC2CC(O)C2)c1F. The molecule has 0 unspecified atom stereocenters. The number of aliphatic hydroxyl groups excluding tert-OH is 1. The lowest BCUT2D eigenvalue weighted by molar-refractivity contribution is 0.0834. The molecule has 2 rings (SSSR count). The summed E-state index contributed by atoms with van der Waals surface area (Å²) in [5.41, 5.74) is 0.336. The van der Waals surface area contributed by atoms with E-state index in [-0.39, 0.29) is 18.0 Å². The van der Waals surface area contributed by atoms with E-state index < -0.39 is 5.82 Å². The third-order valence-corrected chi connectivity index (χ3v) is 2.42. The lowest BCUT2D eigenvalue weighted by Crippen LogP contribution is -2.39. The van der Waals surface area contributed by atoms with Gasteiger partial charge in [0.1, 0.15) is 6.33 Å². The average Bonchev–Trinajstić information content (AvgIpc) is 2.10. The maximum absolute atomic E-state index is 13.4. The summed E-state index contributed by atoms with van der Waals surface area (Å²) in [6.07, 6.45) is 2.39. The first kappa shape index (κ1) is 9.33. The van der Waals surface area contributed by atoms with E-state index in [0.717, 1.165) is 0 Å². The minimum atomic E-state index is -0.408. The van der Waals surface area contributed by atoms with Gasteiger partial charge in [-0.05, 0) is 19.8 Å². The van der Waals surface area contributed by atoms with E-state index >= 15 is 0 Å². The zero-order valence-corrected chi connectivity index (χ0v) is 7.87. The van der Waals surface area contributed by atoms with Crippen LogP contribution in [0.4, 0.5) is 10.2 Å². The molecule has 0 aliphatic heterocycles. The molecular weight excluding hydrogens is 185 g/mol. The number of hydrogen-bond acceptors (Lipinski definition) is 4. The molecule has 0 bridgehead atoms. The van der Waals surface area contributed by atoms with E-state index in [2.05, 4.69) is 15.3 Å². The van der Waals surface area contributed by atoms with Gasteiger partial charge < -0.3 is 10.4 Å². The molecule has 1 fully saturated rings. The minimum Gasteiger partial charge on any atom is -0.393 e. The third-order valence-electron chi connectivity index (χ3n) is 2.42. The van der Waals surface area contributed by atoms with E-state index in [9.17, 15) is 4.39 Å². The number of anilines is 1. The molecule has 0 radical (unpaired) electrons. The Morgan fingerprint density at radius 2 is 2.21 bits per heavy atom. The first-order chi connectivity index (χ1) is 6.66. The van der Waals surface area contributed by atoms with Crippen molar-refractivity contribution in [2.24, 2.45) is 0 Å². The van der Waals surface area contributed by atoms with E-state index in [1.807, 2.05) is 0 Å². The molecule has 1 saturated carbocycles. The fourth-order valence-electron chi connectivity index (χ4n) is 1.46. The molecule has 2 N–H and O–H groups in total. The van der Waals surface area contributed by atoms with Crippen molar-refractivity contribution in [2.45, 2.75) is 31.9 Å². The summed E-state index contributed by atoms with van der Waals surface area (Å²) in [7, 11) is 0. The van der Waals surface area contributed by atoms with Gasteiger partial charge in [0.25, 0.3) is 0 Å². The molecule has 14 heavy (non-hydrogen) atoms. The molecule has 0 spiro atoms. The maximum Gasteiger partial charge on any atom is 0.186 e. The molecule has 0 amide bonds. The quantitative estimate of drug-likeness (QED) is 0.738. The number of hydrogen-bond donors (Lipinski definition) is 2. The standard InChI is InChI=1S/C9H12FN3O/c1-5-8(10)9(12-4-11-5)13-6-2-7(14)3-6/h4,6-7,14H,2-3H2,1H3,(H,11,12,13). The summed E-state index contributed by atoms with van der Waals surface area (Å²) in [5.74, 6) is -0.178. The van der Waals surface area contributed by atoms with Crippen LogP contribution in [0.25, 0.3) is 0 Å². The summed E-state index contributed by atoms with van der Waals surface area (Å²) in [5, 5.41) is 12.0. The topological polar surface area (TPSA) is 58.0 Å². The average molecular weight is 197 g/mol. The first-order valence-corrected chi connectivity index (χ1v) is 4.58. The number of aromatic nitrogens is 2. The molecule has 0 saturated heterocycles. The number of aliphatic hydroxyl groups is 1. The van der Waals surface area contributed by atoms with Crippen LogP contribution in [0.2, 0.25) is 0 Å². The zero-order chi connectivity index (χ0) is 10.1.